The van der Waals surface area contributed by atoms with E-state index in [9.17, 15) is 47.9 Å². The van der Waals surface area contributed by atoms with Crippen LogP contribution in [0.25, 0.3) is 0 Å². The van der Waals surface area contributed by atoms with Crippen molar-refractivity contribution in [1.82, 2.24) is 4.72 Å². The molecule has 3 aromatic rings. The second-order valence-electron chi connectivity index (χ2n) is 8.59. The summed E-state index contributed by atoms with van der Waals surface area (Å²) in [6, 6.07) is 16.2. The summed E-state index contributed by atoms with van der Waals surface area (Å²) in [6.07, 6.45) is -15.7. The molecule has 3 aromatic carbocycles. The fraction of sp³-hybridized carbons (Fsp3) is 0.280. The molecule has 0 bridgehead atoms. The van der Waals surface area contributed by atoms with Crippen molar-refractivity contribution in [3.8, 4) is 11.5 Å². The molecule has 0 fully saturated rings. The first-order valence-corrected chi connectivity index (χ1v) is 12.8. The van der Waals surface area contributed by atoms with Gasteiger partial charge in [0.1, 0.15) is 11.5 Å². The lowest BCUT2D eigenvalue weighted by Crippen LogP contribution is -2.45. The number of sulfonamides is 1. The summed E-state index contributed by atoms with van der Waals surface area (Å²) in [5.74, 6) is -3.76. The molecule has 1 N–H and O–H groups in total. The second-order valence-corrected chi connectivity index (χ2v) is 10.4. The smallest absolute Gasteiger partial charge is 0.406 e. The molecule has 0 aliphatic rings. The van der Waals surface area contributed by atoms with Crippen LogP contribution in [0.4, 0.5) is 39.5 Å². The second kappa shape index (κ2) is 11.6. The van der Waals surface area contributed by atoms with Gasteiger partial charge in [0.25, 0.3) is 0 Å². The predicted octanol–water partition coefficient (Wildman–Crippen LogP) is 6.49. The third-order valence-corrected chi connectivity index (χ3v) is 6.83. The Morgan fingerprint density at radius 2 is 1.12 bits per heavy atom. The molecule has 0 aliphatic heterocycles. The van der Waals surface area contributed by atoms with E-state index >= 15 is 0 Å². The maximum atomic E-state index is 13.0. The molecule has 40 heavy (non-hydrogen) atoms. The fourth-order valence-electron chi connectivity index (χ4n) is 4.06. The third-order valence-electron chi connectivity index (χ3n) is 5.54. The van der Waals surface area contributed by atoms with Crippen molar-refractivity contribution in [2.75, 3.05) is 12.3 Å². The maximum absolute atomic E-state index is 13.0. The average Bonchev–Trinajstić information content (AvgIpc) is 2.79. The van der Waals surface area contributed by atoms with Crippen LogP contribution in [0.15, 0.2) is 78.9 Å². The molecule has 0 spiro atoms. The van der Waals surface area contributed by atoms with Crippen LogP contribution in [-0.2, 0) is 21.9 Å². The molecule has 0 saturated carbocycles. The monoisotopic (exact) mass is 601 g/mol. The minimum absolute atomic E-state index is 0.100. The highest BCUT2D eigenvalue weighted by molar-refractivity contribution is 7.89. The summed E-state index contributed by atoms with van der Waals surface area (Å²) in [5, 5.41) is 0. The molecule has 0 unspecified atom stereocenters. The Kier molecular flexibility index (Phi) is 8.99. The third kappa shape index (κ3) is 9.33. The zero-order valence-corrected chi connectivity index (χ0v) is 20.9. The Hall–Kier alpha value is -3.46. The van der Waals surface area contributed by atoms with E-state index in [2.05, 4.69) is 9.47 Å². The van der Waals surface area contributed by atoms with Crippen molar-refractivity contribution in [2.24, 2.45) is 0 Å². The Balaban J connectivity index is 2.25. The van der Waals surface area contributed by atoms with Crippen LogP contribution in [0.2, 0.25) is 0 Å². The number of alkyl halides is 9. The number of ether oxygens (including phenoxy) is 2. The summed E-state index contributed by atoms with van der Waals surface area (Å²) in [4.78, 5) is 0. The van der Waals surface area contributed by atoms with Crippen molar-refractivity contribution in [3.05, 3.63) is 95.6 Å². The Morgan fingerprint density at radius 1 is 0.650 bits per heavy atom. The number of hydrogen-bond acceptors (Lipinski definition) is 4. The summed E-state index contributed by atoms with van der Waals surface area (Å²) >= 11 is 0. The topological polar surface area (TPSA) is 64.6 Å². The zero-order chi connectivity index (χ0) is 29.8. The van der Waals surface area contributed by atoms with E-state index in [1.165, 1.54) is 12.1 Å². The molecule has 5 nitrogen and oxygen atoms in total. The highest BCUT2D eigenvalue weighted by atomic mass is 32.2. The van der Waals surface area contributed by atoms with Gasteiger partial charge < -0.3 is 9.47 Å². The van der Waals surface area contributed by atoms with E-state index in [-0.39, 0.29) is 17.5 Å². The number of halogens is 9. The first-order chi connectivity index (χ1) is 18.4. The normalized spacial score (nSPS) is 13.2. The van der Waals surface area contributed by atoms with Crippen LogP contribution in [0.5, 0.6) is 11.5 Å². The van der Waals surface area contributed by atoms with E-state index in [1.54, 1.807) is 30.3 Å². The van der Waals surface area contributed by atoms with E-state index in [0.717, 1.165) is 36.4 Å². The van der Waals surface area contributed by atoms with Crippen LogP contribution in [-0.4, -0.2) is 39.6 Å². The molecular formula is C25H20F9NO4S. The maximum Gasteiger partial charge on any atom is 0.573 e. The van der Waals surface area contributed by atoms with Crippen molar-refractivity contribution < 1.29 is 57.4 Å². The zero-order valence-electron chi connectivity index (χ0n) is 20.1. The summed E-state index contributed by atoms with van der Waals surface area (Å²) < 4.78 is 151. The van der Waals surface area contributed by atoms with Gasteiger partial charge in [0.05, 0.1) is 0 Å². The van der Waals surface area contributed by atoms with Gasteiger partial charge >= 0.3 is 18.9 Å². The van der Waals surface area contributed by atoms with Gasteiger partial charge in [-0.25, -0.2) is 13.1 Å². The van der Waals surface area contributed by atoms with E-state index in [4.69, 9.17) is 0 Å². The van der Waals surface area contributed by atoms with Crippen molar-refractivity contribution >= 4 is 10.0 Å². The Bertz CT molecular complexity index is 1330. The molecule has 0 saturated heterocycles. The quantitative estimate of drug-likeness (QED) is 0.270. The lowest BCUT2D eigenvalue weighted by atomic mass is 9.70. The fourth-order valence-corrected chi connectivity index (χ4v) is 5.06. The SMILES string of the molecule is O=S(=O)(CC(F)(F)F)NCC(Cc1ccccc1)(c1cccc(OC(F)(F)F)c1)c1cccc(OC(F)(F)F)c1. The van der Waals surface area contributed by atoms with Gasteiger partial charge in [0.15, 0.2) is 5.75 Å². The number of rotatable bonds is 10. The lowest BCUT2D eigenvalue weighted by Gasteiger charge is -2.36. The number of benzene rings is 3. The average molecular weight is 601 g/mol. The first-order valence-electron chi connectivity index (χ1n) is 11.2. The van der Waals surface area contributed by atoms with Crippen LogP contribution in [0.1, 0.15) is 16.7 Å². The van der Waals surface area contributed by atoms with Crippen LogP contribution in [0.3, 0.4) is 0 Å². The van der Waals surface area contributed by atoms with Gasteiger partial charge in [-0.1, -0.05) is 54.6 Å². The molecule has 0 aliphatic carbocycles. The summed E-state index contributed by atoms with van der Waals surface area (Å²) in [5.41, 5.74) is -1.62. The van der Waals surface area contributed by atoms with Crippen molar-refractivity contribution in [3.63, 3.8) is 0 Å². The number of hydrogen-bond donors (Lipinski definition) is 1. The molecular weight excluding hydrogens is 581 g/mol. The van der Waals surface area contributed by atoms with Gasteiger partial charge in [-0.15, -0.1) is 26.3 Å². The van der Waals surface area contributed by atoms with Gasteiger partial charge in [0, 0.05) is 12.0 Å². The van der Waals surface area contributed by atoms with Gasteiger partial charge in [0.2, 0.25) is 10.0 Å². The Morgan fingerprint density at radius 3 is 1.55 bits per heavy atom. The highest BCUT2D eigenvalue weighted by Crippen LogP contribution is 2.40. The Labute approximate surface area is 222 Å². The lowest BCUT2D eigenvalue weighted by molar-refractivity contribution is -0.275. The highest BCUT2D eigenvalue weighted by Gasteiger charge is 2.41. The van der Waals surface area contributed by atoms with Crippen LogP contribution >= 0.6 is 0 Å². The summed E-state index contributed by atoms with van der Waals surface area (Å²) in [6.45, 7) is -0.884. The van der Waals surface area contributed by atoms with Gasteiger partial charge in [-0.2, -0.15) is 13.2 Å². The van der Waals surface area contributed by atoms with E-state index < -0.39 is 58.1 Å². The minimum Gasteiger partial charge on any atom is -0.406 e. The van der Waals surface area contributed by atoms with E-state index in [1.807, 2.05) is 4.72 Å². The molecule has 218 valence electrons. The number of nitrogens with one attached hydrogen (secondary N) is 1. The van der Waals surface area contributed by atoms with Gasteiger partial charge in [-0.05, 0) is 47.4 Å². The first kappa shape index (κ1) is 31.1. The summed E-state index contributed by atoms with van der Waals surface area (Å²) in [7, 11) is -5.06. The molecule has 3 rings (SSSR count). The molecule has 0 atom stereocenters. The van der Waals surface area contributed by atoms with Crippen LogP contribution in [0, 0.1) is 0 Å². The van der Waals surface area contributed by atoms with E-state index in [0.29, 0.717) is 5.56 Å². The van der Waals surface area contributed by atoms with Gasteiger partial charge in [-0.3, -0.25) is 0 Å². The largest absolute Gasteiger partial charge is 0.573 e. The molecule has 0 heterocycles. The van der Waals surface area contributed by atoms with Crippen molar-refractivity contribution in [2.45, 2.75) is 30.7 Å². The van der Waals surface area contributed by atoms with Crippen LogP contribution < -0.4 is 14.2 Å². The standard InChI is InChI=1S/C25H20F9NO4S/c26-23(27,28)16-40(36,37)35-15-22(14-17-6-2-1-3-7-17,18-8-4-10-20(12-18)38-24(29,30)31)19-9-5-11-21(13-19)39-25(32,33)34/h1-13,35H,14-16H2. The predicted molar refractivity (Wildman–Crippen MR) is 125 cm³/mol. The molecule has 0 radical (unpaired) electrons. The molecule has 0 aromatic heterocycles. The molecule has 0 amide bonds. The minimum atomic E-state index is -5.13. The molecule has 15 heteroatoms. The van der Waals surface area contributed by atoms with Crippen molar-refractivity contribution in [1.29, 1.82) is 0 Å².